The molecule has 0 heterocycles. The third kappa shape index (κ3) is 5.01. The van der Waals surface area contributed by atoms with Crippen LogP contribution in [-0.4, -0.2) is 13.1 Å². The molecule has 18 heavy (non-hydrogen) atoms. The molecule has 96 valence electrons. The van der Waals surface area contributed by atoms with E-state index in [2.05, 4.69) is 10.8 Å². The first-order valence-electron chi connectivity index (χ1n) is 6.29. The molecule has 0 aliphatic heterocycles. The summed E-state index contributed by atoms with van der Waals surface area (Å²) in [7, 11) is 1.41. The molecule has 0 saturated heterocycles. The van der Waals surface area contributed by atoms with Gasteiger partial charge in [-0.2, -0.15) is 5.26 Å². The number of nitriles is 1. The van der Waals surface area contributed by atoms with Gasteiger partial charge >= 0.3 is 5.97 Å². The second-order valence-corrected chi connectivity index (χ2v) is 4.27. The lowest BCUT2D eigenvalue weighted by Crippen LogP contribution is -2.00. The third-order valence-corrected chi connectivity index (χ3v) is 2.96. The second-order valence-electron chi connectivity index (χ2n) is 4.27. The SMILES string of the molecule is COC(=O)CCCCCC(C#N)c1ccccc1. The van der Waals surface area contributed by atoms with E-state index in [0.29, 0.717) is 6.42 Å². The maximum atomic E-state index is 10.9. The van der Waals surface area contributed by atoms with E-state index in [-0.39, 0.29) is 11.9 Å². The number of carbonyl (C=O) groups is 1. The lowest BCUT2D eigenvalue weighted by atomic mass is 9.94. The van der Waals surface area contributed by atoms with Crippen molar-refractivity contribution in [1.29, 1.82) is 5.26 Å². The van der Waals surface area contributed by atoms with Crippen molar-refractivity contribution in [3.05, 3.63) is 35.9 Å². The van der Waals surface area contributed by atoms with Gasteiger partial charge in [0.25, 0.3) is 0 Å². The fourth-order valence-corrected chi connectivity index (χ4v) is 1.89. The number of carbonyl (C=O) groups excluding carboxylic acids is 1. The van der Waals surface area contributed by atoms with E-state index in [9.17, 15) is 4.79 Å². The molecule has 1 atom stereocenters. The average Bonchev–Trinajstić information content (AvgIpc) is 2.43. The number of esters is 1. The van der Waals surface area contributed by atoms with Gasteiger partial charge in [-0.25, -0.2) is 0 Å². The Labute approximate surface area is 108 Å². The molecular formula is C15H19NO2. The van der Waals surface area contributed by atoms with Gasteiger partial charge in [0.2, 0.25) is 0 Å². The van der Waals surface area contributed by atoms with Gasteiger partial charge in [-0.05, 0) is 18.4 Å². The predicted octanol–water partition coefficient (Wildman–Crippen LogP) is 3.42. The minimum absolute atomic E-state index is 0.0377. The molecule has 3 nitrogen and oxygen atoms in total. The number of hydrogen-bond acceptors (Lipinski definition) is 3. The van der Waals surface area contributed by atoms with E-state index in [0.717, 1.165) is 31.2 Å². The van der Waals surface area contributed by atoms with Gasteiger partial charge in [-0.15, -0.1) is 0 Å². The summed E-state index contributed by atoms with van der Waals surface area (Å²) in [5.41, 5.74) is 1.08. The monoisotopic (exact) mass is 245 g/mol. The Hall–Kier alpha value is -1.82. The first-order valence-corrected chi connectivity index (χ1v) is 6.29. The van der Waals surface area contributed by atoms with Crippen LogP contribution in [0.1, 0.15) is 43.6 Å². The van der Waals surface area contributed by atoms with Gasteiger partial charge in [0.05, 0.1) is 19.1 Å². The number of nitrogens with zero attached hydrogens (tertiary/aromatic N) is 1. The van der Waals surface area contributed by atoms with Crippen molar-refractivity contribution in [2.45, 2.75) is 38.0 Å². The Morgan fingerprint density at radius 1 is 1.28 bits per heavy atom. The summed E-state index contributed by atoms with van der Waals surface area (Å²) in [6.45, 7) is 0. The molecular weight excluding hydrogens is 226 g/mol. The highest BCUT2D eigenvalue weighted by molar-refractivity contribution is 5.68. The minimum atomic E-state index is -0.158. The summed E-state index contributed by atoms with van der Waals surface area (Å²) in [5.74, 6) is -0.195. The topological polar surface area (TPSA) is 50.1 Å². The normalized spacial score (nSPS) is 11.6. The molecule has 1 unspecified atom stereocenters. The summed E-state index contributed by atoms with van der Waals surface area (Å²) in [6.07, 6.45) is 4.07. The molecule has 0 spiro atoms. The molecule has 3 heteroatoms. The Kier molecular flexibility index (Phi) is 6.56. The summed E-state index contributed by atoms with van der Waals surface area (Å²) in [4.78, 5) is 10.9. The smallest absolute Gasteiger partial charge is 0.305 e. The summed E-state index contributed by atoms with van der Waals surface area (Å²) < 4.78 is 4.58. The van der Waals surface area contributed by atoms with Crippen LogP contribution < -0.4 is 0 Å². The van der Waals surface area contributed by atoms with E-state index >= 15 is 0 Å². The van der Waals surface area contributed by atoms with Crippen LogP contribution in [0.5, 0.6) is 0 Å². The average molecular weight is 245 g/mol. The van der Waals surface area contributed by atoms with E-state index < -0.39 is 0 Å². The lowest BCUT2D eigenvalue weighted by Gasteiger charge is -2.08. The van der Waals surface area contributed by atoms with E-state index in [1.165, 1.54) is 7.11 Å². The summed E-state index contributed by atoms with van der Waals surface area (Å²) in [6, 6.07) is 12.2. The zero-order chi connectivity index (χ0) is 13.2. The van der Waals surface area contributed by atoms with E-state index in [1.807, 2.05) is 30.3 Å². The maximum Gasteiger partial charge on any atom is 0.305 e. The van der Waals surface area contributed by atoms with Crippen LogP contribution in [0, 0.1) is 11.3 Å². The zero-order valence-corrected chi connectivity index (χ0v) is 10.8. The number of benzene rings is 1. The first kappa shape index (κ1) is 14.2. The van der Waals surface area contributed by atoms with Gasteiger partial charge in [0.1, 0.15) is 0 Å². The fraction of sp³-hybridized carbons (Fsp3) is 0.467. The Bertz CT molecular complexity index is 395. The van der Waals surface area contributed by atoms with E-state index in [4.69, 9.17) is 5.26 Å². The number of rotatable bonds is 7. The van der Waals surface area contributed by atoms with Crippen molar-refractivity contribution in [3.63, 3.8) is 0 Å². The number of methoxy groups -OCH3 is 1. The molecule has 0 radical (unpaired) electrons. The first-order chi connectivity index (χ1) is 8.77. The number of hydrogen-bond donors (Lipinski definition) is 0. The van der Waals surface area contributed by atoms with Crippen LogP contribution in [0.15, 0.2) is 30.3 Å². The predicted molar refractivity (Wildman–Crippen MR) is 69.9 cm³/mol. The molecule has 0 aliphatic rings. The van der Waals surface area contributed by atoms with Crippen LogP contribution in [0.2, 0.25) is 0 Å². The van der Waals surface area contributed by atoms with Gasteiger partial charge in [-0.1, -0.05) is 43.2 Å². The van der Waals surface area contributed by atoms with Gasteiger partial charge < -0.3 is 4.74 Å². The highest BCUT2D eigenvalue weighted by Gasteiger charge is 2.09. The van der Waals surface area contributed by atoms with Crippen molar-refractivity contribution < 1.29 is 9.53 Å². The van der Waals surface area contributed by atoms with Crippen molar-refractivity contribution in [2.75, 3.05) is 7.11 Å². The van der Waals surface area contributed by atoms with Crippen LogP contribution in [0.25, 0.3) is 0 Å². The zero-order valence-electron chi connectivity index (χ0n) is 10.8. The quantitative estimate of drug-likeness (QED) is 0.546. The molecule has 0 amide bonds. The molecule has 0 aliphatic carbocycles. The van der Waals surface area contributed by atoms with Crippen molar-refractivity contribution in [3.8, 4) is 6.07 Å². The summed E-state index contributed by atoms with van der Waals surface area (Å²) in [5, 5.41) is 9.14. The standard InChI is InChI=1S/C15H19NO2/c1-18-15(17)11-7-3-6-10-14(12-16)13-8-4-2-5-9-13/h2,4-5,8-9,14H,3,6-7,10-11H2,1H3. The van der Waals surface area contributed by atoms with Crippen molar-refractivity contribution in [1.82, 2.24) is 0 Å². The molecule has 0 saturated carbocycles. The van der Waals surface area contributed by atoms with Crippen LogP contribution >= 0.6 is 0 Å². The highest BCUT2D eigenvalue weighted by atomic mass is 16.5. The van der Waals surface area contributed by atoms with Crippen LogP contribution in [0.4, 0.5) is 0 Å². The molecule has 0 bridgehead atoms. The number of ether oxygens (including phenoxy) is 1. The molecule has 0 aromatic heterocycles. The van der Waals surface area contributed by atoms with Crippen LogP contribution in [0.3, 0.4) is 0 Å². The Morgan fingerprint density at radius 2 is 2.00 bits per heavy atom. The van der Waals surface area contributed by atoms with Gasteiger partial charge in [0, 0.05) is 6.42 Å². The molecule has 1 aromatic carbocycles. The molecule has 1 rings (SSSR count). The fourth-order valence-electron chi connectivity index (χ4n) is 1.89. The van der Waals surface area contributed by atoms with E-state index in [1.54, 1.807) is 0 Å². The minimum Gasteiger partial charge on any atom is -0.469 e. The van der Waals surface area contributed by atoms with Crippen LogP contribution in [-0.2, 0) is 9.53 Å². The maximum absolute atomic E-state index is 10.9. The summed E-state index contributed by atoms with van der Waals surface area (Å²) >= 11 is 0. The number of unbranched alkanes of at least 4 members (excludes halogenated alkanes) is 2. The van der Waals surface area contributed by atoms with Gasteiger partial charge in [-0.3, -0.25) is 4.79 Å². The van der Waals surface area contributed by atoms with Crippen molar-refractivity contribution in [2.24, 2.45) is 0 Å². The highest BCUT2D eigenvalue weighted by Crippen LogP contribution is 2.21. The molecule has 0 N–H and O–H groups in total. The second kappa shape index (κ2) is 8.30. The Balaban J connectivity index is 2.25. The van der Waals surface area contributed by atoms with Crippen molar-refractivity contribution >= 4 is 5.97 Å². The Morgan fingerprint density at radius 3 is 2.61 bits per heavy atom. The third-order valence-electron chi connectivity index (χ3n) is 2.96. The molecule has 0 fully saturated rings. The van der Waals surface area contributed by atoms with Gasteiger partial charge in [0.15, 0.2) is 0 Å². The lowest BCUT2D eigenvalue weighted by molar-refractivity contribution is -0.140. The molecule has 1 aromatic rings. The largest absolute Gasteiger partial charge is 0.469 e.